The smallest absolute Gasteiger partial charge is 0.311 e. The van der Waals surface area contributed by atoms with Crippen molar-refractivity contribution in [3.63, 3.8) is 0 Å². The number of aromatic nitrogens is 1. The summed E-state index contributed by atoms with van der Waals surface area (Å²) in [6.07, 6.45) is 3.54. The number of hydrogen-bond donors (Lipinski definition) is 3. The normalized spacial score (nSPS) is 20.1. The van der Waals surface area contributed by atoms with E-state index in [1.807, 2.05) is 29.8 Å². The van der Waals surface area contributed by atoms with Crippen molar-refractivity contribution < 1.29 is 14.6 Å². The molecule has 9 heteroatoms. The van der Waals surface area contributed by atoms with Crippen LogP contribution in [0.3, 0.4) is 0 Å². The lowest BCUT2D eigenvalue weighted by Crippen LogP contribution is -2.39. The summed E-state index contributed by atoms with van der Waals surface area (Å²) >= 11 is 1.65. The van der Waals surface area contributed by atoms with Crippen LogP contribution in [-0.2, 0) is 9.53 Å². The number of amidine groups is 1. The van der Waals surface area contributed by atoms with E-state index in [4.69, 9.17) is 9.73 Å². The van der Waals surface area contributed by atoms with E-state index in [-0.39, 0.29) is 18.9 Å². The first-order valence-corrected chi connectivity index (χ1v) is 11.0. The molecule has 1 saturated heterocycles. The molecule has 1 atom stereocenters. The van der Waals surface area contributed by atoms with Crippen molar-refractivity contribution in [2.75, 3.05) is 24.6 Å². The molecule has 0 amide bonds. The molecule has 4 heterocycles. The number of thiophene rings is 1. The van der Waals surface area contributed by atoms with E-state index in [0.29, 0.717) is 0 Å². The van der Waals surface area contributed by atoms with Gasteiger partial charge in [0.2, 0.25) is 0 Å². The number of carbonyl (C=O) groups is 1. The van der Waals surface area contributed by atoms with E-state index < -0.39 is 11.4 Å². The highest BCUT2D eigenvalue weighted by Crippen LogP contribution is 2.25. The molecule has 1 unspecified atom stereocenters. The number of piperidine rings is 1. The number of aliphatic imine (C=N–C) groups is 1. The number of anilines is 1. The molecule has 2 aliphatic rings. The fraction of sp³-hybridized carbons (Fsp3) is 0.476. The minimum absolute atomic E-state index is 0.0953. The van der Waals surface area contributed by atoms with Crippen molar-refractivity contribution in [1.29, 1.82) is 0 Å². The Morgan fingerprint density at radius 3 is 2.77 bits per heavy atom. The Labute approximate surface area is 180 Å². The van der Waals surface area contributed by atoms with E-state index >= 15 is 0 Å². The van der Waals surface area contributed by atoms with Crippen molar-refractivity contribution in [2.45, 2.75) is 39.0 Å². The van der Waals surface area contributed by atoms with Gasteiger partial charge >= 0.3 is 5.97 Å². The van der Waals surface area contributed by atoms with Crippen LogP contribution in [-0.4, -0.2) is 47.7 Å². The van der Waals surface area contributed by atoms with Crippen molar-refractivity contribution in [1.82, 2.24) is 15.8 Å². The van der Waals surface area contributed by atoms with Crippen LogP contribution in [0.5, 0.6) is 0 Å². The SMILES string of the molecule is CC(C)(COC1CCN(c2ccc(C3N=C(c4cccs4)NN3)cn2)CC1)C(=O)O. The number of nitrogens with one attached hydrogen (secondary N) is 2. The molecule has 0 radical (unpaired) electrons. The van der Waals surface area contributed by atoms with E-state index in [0.717, 1.165) is 48.0 Å². The number of carboxylic acid groups (broad SMARTS) is 1. The summed E-state index contributed by atoms with van der Waals surface area (Å²) in [6.45, 7) is 5.30. The number of aliphatic carboxylic acids is 1. The third-order valence-electron chi connectivity index (χ3n) is 5.45. The molecular formula is C21H27N5O3S. The lowest BCUT2D eigenvalue weighted by atomic mass is 9.95. The lowest BCUT2D eigenvalue weighted by molar-refractivity contribution is -0.152. The van der Waals surface area contributed by atoms with Crippen LogP contribution in [0.2, 0.25) is 0 Å². The minimum Gasteiger partial charge on any atom is -0.481 e. The summed E-state index contributed by atoms with van der Waals surface area (Å²) in [5.74, 6) is 0.965. The molecule has 2 aromatic rings. The van der Waals surface area contributed by atoms with Gasteiger partial charge in [-0.1, -0.05) is 12.1 Å². The molecule has 0 aliphatic carbocycles. The highest BCUT2D eigenvalue weighted by atomic mass is 32.1. The predicted molar refractivity (Wildman–Crippen MR) is 117 cm³/mol. The molecule has 0 spiro atoms. The van der Waals surface area contributed by atoms with E-state index in [2.05, 4.69) is 26.8 Å². The number of hydrazine groups is 1. The van der Waals surface area contributed by atoms with Gasteiger partial charge in [-0.15, -0.1) is 11.3 Å². The van der Waals surface area contributed by atoms with Crippen LogP contribution in [0.1, 0.15) is 43.3 Å². The largest absolute Gasteiger partial charge is 0.481 e. The molecule has 0 aromatic carbocycles. The van der Waals surface area contributed by atoms with Crippen LogP contribution < -0.4 is 15.8 Å². The highest BCUT2D eigenvalue weighted by Gasteiger charge is 2.30. The van der Waals surface area contributed by atoms with Crippen LogP contribution in [0.4, 0.5) is 5.82 Å². The van der Waals surface area contributed by atoms with Gasteiger partial charge in [-0.25, -0.2) is 15.4 Å². The molecule has 0 bridgehead atoms. The molecule has 3 N–H and O–H groups in total. The Kier molecular flexibility index (Phi) is 6.03. The van der Waals surface area contributed by atoms with Gasteiger partial charge in [0.25, 0.3) is 0 Å². The fourth-order valence-electron chi connectivity index (χ4n) is 3.41. The van der Waals surface area contributed by atoms with E-state index in [9.17, 15) is 9.90 Å². The van der Waals surface area contributed by atoms with Crippen LogP contribution in [0.15, 0.2) is 40.8 Å². The molecule has 8 nitrogen and oxygen atoms in total. The zero-order valence-electron chi connectivity index (χ0n) is 17.2. The summed E-state index contributed by atoms with van der Waals surface area (Å²) in [5.41, 5.74) is 6.48. The van der Waals surface area contributed by atoms with Crippen LogP contribution in [0, 0.1) is 5.41 Å². The number of carboxylic acids is 1. The maximum Gasteiger partial charge on any atom is 0.311 e. The van der Waals surface area contributed by atoms with Crippen molar-refractivity contribution >= 4 is 29.0 Å². The molecule has 2 aromatic heterocycles. The summed E-state index contributed by atoms with van der Waals surface area (Å²) in [5, 5.41) is 11.2. The van der Waals surface area contributed by atoms with Gasteiger partial charge < -0.3 is 20.2 Å². The average molecular weight is 430 g/mol. The van der Waals surface area contributed by atoms with Gasteiger partial charge in [0.1, 0.15) is 12.0 Å². The van der Waals surface area contributed by atoms with E-state index in [1.165, 1.54) is 0 Å². The molecule has 30 heavy (non-hydrogen) atoms. The van der Waals surface area contributed by atoms with Gasteiger partial charge in [-0.2, -0.15) is 0 Å². The van der Waals surface area contributed by atoms with Gasteiger partial charge in [0.05, 0.1) is 23.0 Å². The Balaban J connectivity index is 1.30. The monoisotopic (exact) mass is 429 g/mol. The van der Waals surface area contributed by atoms with E-state index in [1.54, 1.807) is 25.2 Å². The summed E-state index contributed by atoms with van der Waals surface area (Å²) in [7, 11) is 0. The molecule has 2 aliphatic heterocycles. The molecule has 1 fully saturated rings. The maximum absolute atomic E-state index is 11.2. The van der Waals surface area contributed by atoms with Gasteiger partial charge in [0.15, 0.2) is 5.84 Å². The van der Waals surface area contributed by atoms with Crippen molar-refractivity contribution in [2.24, 2.45) is 10.4 Å². The van der Waals surface area contributed by atoms with Gasteiger partial charge in [0, 0.05) is 24.8 Å². The Morgan fingerprint density at radius 2 is 2.13 bits per heavy atom. The Morgan fingerprint density at radius 1 is 1.33 bits per heavy atom. The average Bonchev–Trinajstić information content (AvgIpc) is 3.45. The van der Waals surface area contributed by atoms with Crippen LogP contribution in [0.25, 0.3) is 0 Å². The molecular weight excluding hydrogens is 402 g/mol. The zero-order chi connectivity index (χ0) is 21.1. The number of hydrogen-bond acceptors (Lipinski definition) is 8. The Hall–Kier alpha value is -2.49. The number of pyridine rings is 1. The first kappa shape index (κ1) is 20.8. The minimum atomic E-state index is -0.858. The third-order valence-corrected chi connectivity index (χ3v) is 6.33. The second kappa shape index (κ2) is 8.71. The third kappa shape index (κ3) is 4.63. The molecule has 0 saturated carbocycles. The number of ether oxygens (including phenoxy) is 1. The molecule has 4 rings (SSSR count). The molecule has 160 valence electrons. The van der Waals surface area contributed by atoms with Crippen molar-refractivity contribution in [3.8, 4) is 0 Å². The standard InChI is InChI=1S/C21H27N5O3S/c1-21(2,20(27)28)13-29-15-7-9-26(10-8-15)17-6-5-14(12-22-17)18-23-19(25-24-18)16-4-3-11-30-16/h3-6,11-12,15,18,24H,7-10,13H2,1-2H3,(H,23,25)(H,27,28). The second-order valence-corrected chi connectivity index (χ2v) is 9.21. The number of rotatable bonds is 7. The summed E-state index contributed by atoms with van der Waals surface area (Å²) in [6, 6.07) is 8.14. The Bertz CT molecular complexity index is 890. The maximum atomic E-state index is 11.2. The summed E-state index contributed by atoms with van der Waals surface area (Å²) < 4.78 is 5.86. The first-order chi connectivity index (χ1) is 14.4. The van der Waals surface area contributed by atoms with Gasteiger partial charge in [-0.3, -0.25) is 4.79 Å². The van der Waals surface area contributed by atoms with Crippen LogP contribution >= 0.6 is 11.3 Å². The fourth-order valence-corrected chi connectivity index (χ4v) is 4.09. The number of nitrogens with zero attached hydrogens (tertiary/aromatic N) is 3. The predicted octanol–water partition coefficient (Wildman–Crippen LogP) is 2.79. The zero-order valence-corrected chi connectivity index (χ0v) is 18.0. The second-order valence-electron chi connectivity index (χ2n) is 8.26. The lowest BCUT2D eigenvalue weighted by Gasteiger charge is -2.34. The highest BCUT2D eigenvalue weighted by molar-refractivity contribution is 7.12. The first-order valence-electron chi connectivity index (χ1n) is 10.1. The van der Waals surface area contributed by atoms with Crippen molar-refractivity contribution in [3.05, 3.63) is 46.3 Å². The topological polar surface area (TPSA) is 99.1 Å². The van der Waals surface area contributed by atoms with Gasteiger partial charge in [-0.05, 0) is 44.2 Å². The quantitative estimate of drug-likeness (QED) is 0.622. The summed E-state index contributed by atoms with van der Waals surface area (Å²) in [4.78, 5) is 23.9.